The van der Waals surface area contributed by atoms with Crippen molar-refractivity contribution in [3.05, 3.63) is 71.4 Å². The second kappa shape index (κ2) is 10.2. The maximum atomic E-state index is 13.4. The number of amides is 1. The predicted molar refractivity (Wildman–Crippen MR) is 145 cm³/mol. The van der Waals surface area contributed by atoms with Crippen molar-refractivity contribution in [2.24, 2.45) is 5.92 Å². The third kappa shape index (κ3) is 5.91. The number of pyridine rings is 2. The SMILES string of the molecule is COc1ccc(/C=C/c2cnc(N3CC(C)CC3(C)C)c(C(=O)NS(=O)(=O)c3cccc(N)n3)c2)cc1. The quantitative estimate of drug-likeness (QED) is 0.478. The summed E-state index contributed by atoms with van der Waals surface area (Å²) >= 11 is 0. The lowest BCUT2D eigenvalue weighted by atomic mass is 9.97. The minimum Gasteiger partial charge on any atom is -0.497 e. The number of anilines is 2. The number of hydrogen-bond donors (Lipinski definition) is 2. The summed E-state index contributed by atoms with van der Waals surface area (Å²) in [5.41, 5.74) is 7.13. The summed E-state index contributed by atoms with van der Waals surface area (Å²) in [4.78, 5) is 24.0. The predicted octanol–water partition coefficient (Wildman–Crippen LogP) is 3.98. The van der Waals surface area contributed by atoms with Gasteiger partial charge >= 0.3 is 0 Å². The van der Waals surface area contributed by atoms with Crippen molar-refractivity contribution < 1.29 is 17.9 Å². The van der Waals surface area contributed by atoms with Crippen molar-refractivity contribution in [3.63, 3.8) is 0 Å². The van der Waals surface area contributed by atoms with Crippen molar-refractivity contribution in [2.45, 2.75) is 37.8 Å². The fourth-order valence-electron chi connectivity index (χ4n) is 4.62. The monoisotopic (exact) mass is 521 g/mol. The first-order valence-electron chi connectivity index (χ1n) is 11.9. The normalized spacial score (nSPS) is 17.2. The number of carbonyl (C=O) groups is 1. The van der Waals surface area contributed by atoms with E-state index in [9.17, 15) is 13.2 Å². The van der Waals surface area contributed by atoms with Gasteiger partial charge in [0, 0.05) is 18.3 Å². The van der Waals surface area contributed by atoms with Crippen LogP contribution in [0.25, 0.3) is 12.2 Å². The van der Waals surface area contributed by atoms with Crippen molar-refractivity contribution in [2.75, 3.05) is 24.3 Å². The molecule has 0 radical (unpaired) electrons. The third-order valence-corrected chi connectivity index (χ3v) is 7.52. The van der Waals surface area contributed by atoms with Crippen LogP contribution in [0, 0.1) is 5.92 Å². The Hall–Kier alpha value is -3.92. The Morgan fingerprint density at radius 3 is 2.49 bits per heavy atom. The zero-order valence-electron chi connectivity index (χ0n) is 21.3. The fourth-order valence-corrected chi connectivity index (χ4v) is 5.57. The molecule has 0 spiro atoms. The van der Waals surface area contributed by atoms with Gasteiger partial charge in [0.1, 0.15) is 17.4 Å². The average Bonchev–Trinajstić information content (AvgIpc) is 3.14. The van der Waals surface area contributed by atoms with Crippen LogP contribution in [0.4, 0.5) is 11.6 Å². The number of rotatable bonds is 7. The van der Waals surface area contributed by atoms with Crippen LogP contribution in [-0.4, -0.2) is 43.5 Å². The van der Waals surface area contributed by atoms with Gasteiger partial charge in [-0.2, -0.15) is 8.42 Å². The van der Waals surface area contributed by atoms with E-state index >= 15 is 0 Å². The molecule has 10 heteroatoms. The zero-order valence-corrected chi connectivity index (χ0v) is 22.1. The van der Waals surface area contributed by atoms with Crippen molar-refractivity contribution in [1.29, 1.82) is 0 Å². The van der Waals surface area contributed by atoms with E-state index in [1.54, 1.807) is 19.4 Å². The molecule has 3 N–H and O–H groups in total. The Morgan fingerprint density at radius 1 is 1.16 bits per heavy atom. The molecule has 1 amide bonds. The molecule has 9 nitrogen and oxygen atoms in total. The van der Waals surface area contributed by atoms with Gasteiger partial charge in [-0.15, -0.1) is 0 Å². The Balaban J connectivity index is 1.71. The molecule has 194 valence electrons. The lowest BCUT2D eigenvalue weighted by molar-refractivity contribution is 0.0981. The summed E-state index contributed by atoms with van der Waals surface area (Å²) in [5.74, 6) is 0.824. The standard InChI is InChI=1S/C27H31N5O4S/c1-18-15-27(2,3)32(17-18)25-22(26(33)31-37(34,35)24-7-5-6-23(28)30-24)14-20(16-29-25)9-8-19-10-12-21(36-4)13-11-19/h5-14,16,18H,15,17H2,1-4H3,(H2,28,30)(H,31,33)/b9-8+. The number of benzene rings is 1. The molecule has 1 aliphatic heterocycles. The number of aromatic nitrogens is 2. The van der Waals surface area contributed by atoms with E-state index in [1.807, 2.05) is 36.4 Å². The number of sulfonamides is 1. The molecule has 3 aromatic rings. The van der Waals surface area contributed by atoms with Crippen LogP contribution in [0.3, 0.4) is 0 Å². The highest BCUT2D eigenvalue weighted by Gasteiger charge is 2.39. The van der Waals surface area contributed by atoms with Crippen LogP contribution in [0.2, 0.25) is 0 Å². The van der Waals surface area contributed by atoms with E-state index in [4.69, 9.17) is 10.5 Å². The molecule has 0 aliphatic carbocycles. The number of hydrogen-bond acceptors (Lipinski definition) is 8. The van der Waals surface area contributed by atoms with Gasteiger partial charge in [-0.05, 0) is 67.6 Å². The Morgan fingerprint density at radius 2 is 1.86 bits per heavy atom. The molecular formula is C27H31N5O4S. The number of carbonyl (C=O) groups excluding carboxylic acids is 1. The Kier molecular flexibility index (Phi) is 7.22. The molecule has 1 unspecified atom stereocenters. The van der Waals surface area contributed by atoms with Crippen LogP contribution in [0.5, 0.6) is 5.75 Å². The van der Waals surface area contributed by atoms with Crippen LogP contribution in [-0.2, 0) is 10.0 Å². The van der Waals surface area contributed by atoms with Gasteiger partial charge in [-0.1, -0.05) is 37.3 Å². The first-order chi connectivity index (χ1) is 17.5. The second-order valence-corrected chi connectivity index (χ2v) is 11.4. The Bertz CT molecular complexity index is 1440. The summed E-state index contributed by atoms with van der Waals surface area (Å²) in [6.07, 6.45) is 6.30. The Labute approximate surface area is 217 Å². The zero-order chi connectivity index (χ0) is 26.8. The highest BCUT2D eigenvalue weighted by molar-refractivity contribution is 7.90. The molecule has 2 aromatic heterocycles. The van der Waals surface area contributed by atoms with Crippen LogP contribution < -0.4 is 20.1 Å². The van der Waals surface area contributed by atoms with Crippen molar-refractivity contribution >= 4 is 39.7 Å². The van der Waals surface area contributed by atoms with Gasteiger partial charge in [0.05, 0.1) is 12.7 Å². The van der Waals surface area contributed by atoms with E-state index in [1.165, 1.54) is 18.2 Å². The van der Waals surface area contributed by atoms with Crippen LogP contribution >= 0.6 is 0 Å². The summed E-state index contributed by atoms with van der Waals surface area (Å²) in [6, 6.07) is 13.4. The number of ether oxygens (including phenoxy) is 1. The topological polar surface area (TPSA) is 128 Å². The first-order valence-corrected chi connectivity index (χ1v) is 13.4. The number of nitrogen functional groups attached to an aromatic ring is 1. The van der Waals surface area contributed by atoms with Crippen molar-refractivity contribution in [1.82, 2.24) is 14.7 Å². The molecule has 1 atom stereocenters. The van der Waals surface area contributed by atoms with E-state index in [0.29, 0.717) is 23.8 Å². The summed E-state index contributed by atoms with van der Waals surface area (Å²) in [5, 5.41) is -0.332. The number of nitrogens with zero attached hydrogens (tertiary/aromatic N) is 3. The molecule has 0 saturated carbocycles. The van der Waals surface area contributed by atoms with Gasteiger partial charge in [-0.25, -0.2) is 14.7 Å². The van der Waals surface area contributed by atoms with Gasteiger partial charge in [-0.3, -0.25) is 4.79 Å². The summed E-state index contributed by atoms with van der Waals surface area (Å²) in [7, 11) is -2.64. The third-order valence-electron chi connectivity index (χ3n) is 6.29. The molecule has 0 bridgehead atoms. The lowest BCUT2D eigenvalue weighted by Crippen LogP contribution is -2.41. The molecule has 4 rings (SSSR count). The van der Waals surface area contributed by atoms with Gasteiger partial charge in [0.25, 0.3) is 15.9 Å². The van der Waals surface area contributed by atoms with Crippen LogP contribution in [0.1, 0.15) is 48.7 Å². The summed E-state index contributed by atoms with van der Waals surface area (Å²) < 4.78 is 33.2. The van der Waals surface area contributed by atoms with Gasteiger partial charge in [0.15, 0.2) is 5.03 Å². The van der Waals surface area contributed by atoms with Crippen LogP contribution in [0.15, 0.2) is 59.8 Å². The van der Waals surface area contributed by atoms with E-state index in [-0.39, 0.29) is 21.9 Å². The molecular weight excluding hydrogens is 490 g/mol. The lowest BCUT2D eigenvalue weighted by Gasteiger charge is -2.33. The van der Waals surface area contributed by atoms with E-state index in [0.717, 1.165) is 17.7 Å². The number of nitrogens with one attached hydrogen (secondary N) is 1. The number of methoxy groups -OCH3 is 1. The molecule has 1 fully saturated rings. The van der Waals surface area contributed by atoms with E-state index < -0.39 is 15.9 Å². The summed E-state index contributed by atoms with van der Waals surface area (Å²) in [6.45, 7) is 7.02. The minimum atomic E-state index is -4.25. The highest BCUT2D eigenvalue weighted by atomic mass is 32.2. The fraction of sp³-hybridized carbons (Fsp3) is 0.296. The molecule has 3 heterocycles. The molecule has 37 heavy (non-hydrogen) atoms. The molecule has 1 aliphatic rings. The molecule has 1 aromatic carbocycles. The minimum absolute atomic E-state index is 0.0381. The van der Waals surface area contributed by atoms with Gasteiger partial charge < -0.3 is 15.4 Å². The highest BCUT2D eigenvalue weighted by Crippen LogP contribution is 2.37. The second-order valence-electron chi connectivity index (χ2n) is 9.81. The largest absolute Gasteiger partial charge is 0.497 e. The maximum Gasteiger partial charge on any atom is 0.281 e. The van der Waals surface area contributed by atoms with E-state index in [2.05, 4.69) is 40.4 Å². The smallest absolute Gasteiger partial charge is 0.281 e. The van der Waals surface area contributed by atoms with Crippen molar-refractivity contribution in [3.8, 4) is 5.75 Å². The average molecular weight is 522 g/mol. The number of nitrogens with two attached hydrogens (primary N) is 1. The maximum absolute atomic E-state index is 13.4. The first kappa shape index (κ1) is 26.2. The van der Waals surface area contributed by atoms with Gasteiger partial charge in [0.2, 0.25) is 0 Å². The molecule has 1 saturated heterocycles.